The summed E-state index contributed by atoms with van der Waals surface area (Å²) in [6, 6.07) is 6.07. The second-order valence-electron chi connectivity index (χ2n) is 3.98. The number of aromatic hydroxyl groups is 1. The highest BCUT2D eigenvalue weighted by Crippen LogP contribution is 2.11. The van der Waals surface area contributed by atoms with E-state index < -0.39 is 0 Å². The zero-order valence-corrected chi connectivity index (χ0v) is 9.77. The molecule has 0 aliphatic heterocycles. The van der Waals surface area contributed by atoms with Gasteiger partial charge in [-0.2, -0.15) is 0 Å². The largest absolute Gasteiger partial charge is 0.508 e. The highest BCUT2D eigenvalue weighted by molar-refractivity contribution is 5.89. The lowest BCUT2D eigenvalue weighted by atomic mass is 10.1. The molecular weight excluding hydrogens is 204 g/mol. The van der Waals surface area contributed by atoms with Gasteiger partial charge in [0.15, 0.2) is 0 Å². The summed E-state index contributed by atoms with van der Waals surface area (Å²) in [6.07, 6.45) is 1.98. The lowest BCUT2D eigenvalue weighted by Crippen LogP contribution is -2.08. The Hall–Kier alpha value is -1.51. The zero-order valence-electron chi connectivity index (χ0n) is 9.77. The van der Waals surface area contributed by atoms with Crippen LogP contribution >= 0.6 is 0 Å². The molecule has 0 unspecified atom stereocenters. The molecule has 0 amide bonds. The Bertz CT molecular complexity index is 330. The molecule has 3 heteroatoms. The molecule has 0 aliphatic rings. The van der Waals surface area contributed by atoms with Gasteiger partial charge in [-0.15, -0.1) is 0 Å². The van der Waals surface area contributed by atoms with Crippen LogP contribution in [0.25, 0.3) is 0 Å². The van der Waals surface area contributed by atoms with E-state index in [0.717, 1.165) is 12.8 Å². The van der Waals surface area contributed by atoms with Gasteiger partial charge in [-0.25, -0.2) is 4.79 Å². The molecule has 0 spiro atoms. The molecule has 3 nitrogen and oxygen atoms in total. The van der Waals surface area contributed by atoms with Crippen LogP contribution < -0.4 is 0 Å². The van der Waals surface area contributed by atoms with E-state index >= 15 is 0 Å². The topological polar surface area (TPSA) is 46.5 Å². The molecule has 0 radical (unpaired) electrons. The molecule has 0 heterocycles. The third-order valence-corrected chi connectivity index (χ3v) is 2.64. The van der Waals surface area contributed by atoms with Crippen LogP contribution in [0.4, 0.5) is 0 Å². The fourth-order valence-corrected chi connectivity index (χ4v) is 1.24. The van der Waals surface area contributed by atoms with Gasteiger partial charge in [-0.1, -0.05) is 20.3 Å². The number of hydrogen-bond acceptors (Lipinski definition) is 3. The first kappa shape index (κ1) is 12.6. The van der Waals surface area contributed by atoms with Gasteiger partial charge in [0.1, 0.15) is 5.75 Å². The number of carbonyl (C=O) groups excluding carboxylic acids is 1. The van der Waals surface area contributed by atoms with E-state index in [-0.39, 0.29) is 11.7 Å². The predicted octanol–water partition coefficient (Wildman–Crippen LogP) is 2.99. The van der Waals surface area contributed by atoms with Crippen molar-refractivity contribution < 1.29 is 14.6 Å². The molecule has 1 rings (SSSR count). The summed E-state index contributed by atoms with van der Waals surface area (Å²) in [5.41, 5.74) is 0.474. The molecular formula is C13H18O3. The molecule has 0 saturated carbocycles. The highest BCUT2D eigenvalue weighted by atomic mass is 16.5. The average molecular weight is 222 g/mol. The van der Waals surface area contributed by atoms with Crippen molar-refractivity contribution in [1.29, 1.82) is 0 Å². The summed E-state index contributed by atoms with van der Waals surface area (Å²) in [6.45, 7) is 4.70. The van der Waals surface area contributed by atoms with Crippen molar-refractivity contribution >= 4 is 5.97 Å². The molecule has 88 valence electrons. The van der Waals surface area contributed by atoms with Crippen molar-refractivity contribution in [3.63, 3.8) is 0 Å². The maximum absolute atomic E-state index is 11.5. The predicted molar refractivity (Wildman–Crippen MR) is 62.5 cm³/mol. The van der Waals surface area contributed by atoms with Crippen LogP contribution in [-0.4, -0.2) is 17.7 Å². The smallest absolute Gasteiger partial charge is 0.338 e. The Balaban J connectivity index is 2.38. The van der Waals surface area contributed by atoms with E-state index in [1.165, 1.54) is 12.1 Å². The van der Waals surface area contributed by atoms with Crippen molar-refractivity contribution in [1.82, 2.24) is 0 Å². The second kappa shape index (κ2) is 6.16. The highest BCUT2D eigenvalue weighted by Gasteiger charge is 2.07. The number of phenolic OH excluding ortho intramolecular Hbond substituents is 1. The Morgan fingerprint density at radius 1 is 1.38 bits per heavy atom. The number of ether oxygens (including phenoxy) is 1. The second-order valence-corrected chi connectivity index (χ2v) is 3.98. The van der Waals surface area contributed by atoms with Gasteiger partial charge in [0.05, 0.1) is 12.2 Å². The van der Waals surface area contributed by atoms with Crippen molar-refractivity contribution in [2.24, 2.45) is 5.92 Å². The van der Waals surface area contributed by atoms with Crippen LogP contribution in [0.1, 0.15) is 37.0 Å². The van der Waals surface area contributed by atoms with E-state index in [0.29, 0.717) is 18.1 Å². The zero-order chi connectivity index (χ0) is 12.0. The molecule has 1 atom stereocenters. The first-order valence-electron chi connectivity index (χ1n) is 5.59. The van der Waals surface area contributed by atoms with E-state index in [1.54, 1.807) is 12.1 Å². The van der Waals surface area contributed by atoms with Crippen LogP contribution in [0.3, 0.4) is 0 Å². The molecule has 1 N–H and O–H groups in total. The van der Waals surface area contributed by atoms with Crippen LogP contribution in [0.15, 0.2) is 24.3 Å². The molecule has 0 aromatic heterocycles. The summed E-state index contributed by atoms with van der Waals surface area (Å²) in [5.74, 6) is 0.395. The average Bonchev–Trinajstić information content (AvgIpc) is 2.29. The molecule has 0 aliphatic carbocycles. The summed E-state index contributed by atoms with van der Waals surface area (Å²) in [7, 11) is 0. The lowest BCUT2D eigenvalue weighted by molar-refractivity contribution is 0.0485. The third kappa shape index (κ3) is 3.93. The van der Waals surface area contributed by atoms with Crippen molar-refractivity contribution in [2.45, 2.75) is 26.7 Å². The van der Waals surface area contributed by atoms with Gasteiger partial charge >= 0.3 is 5.97 Å². The molecule has 0 fully saturated rings. The van der Waals surface area contributed by atoms with Crippen LogP contribution in [-0.2, 0) is 4.74 Å². The molecule has 0 saturated heterocycles. The number of benzene rings is 1. The van der Waals surface area contributed by atoms with Gasteiger partial charge in [0.25, 0.3) is 0 Å². The monoisotopic (exact) mass is 222 g/mol. The summed E-state index contributed by atoms with van der Waals surface area (Å²) in [5, 5.41) is 9.07. The number of rotatable bonds is 5. The lowest BCUT2D eigenvalue weighted by Gasteiger charge is -2.08. The number of phenols is 1. The number of carbonyl (C=O) groups is 1. The summed E-state index contributed by atoms with van der Waals surface area (Å²) >= 11 is 0. The minimum Gasteiger partial charge on any atom is -0.508 e. The van der Waals surface area contributed by atoms with E-state index in [1.807, 2.05) is 0 Å². The van der Waals surface area contributed by atoms with Gasteiger partial charge < -0.3 is 9.84 Å². The maximum atomic E-state index is 11.5. The molecule has 1 aromatic carbocycles. The minimum absolute atomic E-state index is 0.149. The fraction of sp³-hybridized carbons (Fsp3) is 0.462. The van der Waals surface area contributed by atoms with Gasteiger partial charge in [0.2, 0.25) is 0 Å². The van der Waals surface area contributed by atoms with Gasteiger partial charge in [-0.3, -0.25) is 0 Å². The first-order chi connectivity index (χ1) is 7.63. The van der Waals surface area contributed by atoms with Gasteiger partial charge in [0, 0.05) is 0 Å². The van der Waals surface area contributed by atoms with E-state index in [9.17, 15) is 4.79 Å². The Morgan fingerprint density at radius 2 is 2.00 bits per heavy atom. The normalized spacial score (nSPS) is 12.1. The van der Waals surface area contributed by atoms with Crippen LogP contribution in [0.5, 0.6) is 5.75 Å². The Labute approximate surface area is 96.1 Å². The Morgan fingerprint density at radius 3 is 2.56 bits per heavy atom. The minimum atomic E-state index is -0.330. The standard InChI is InChI=1S/C13H18O3/c1-3-10(2)8-9-16-13(15)11-4-6-12(14)7-5-11/h4-7,10,14H,3,8-9H2,1-2H3/t10-/m0/s1. The molecule has 1 aromatic rings. The van der Waals surface area contributed by atoms with Crippen LogP contribution in [0, 0.1) is 5.92 Å². The number of hydrogen-bond donors (Lipinski definition) is 1. The van der Waals surface area contributed by atoms with Crippen molar-refractivity contribution in [3.05, 3.63) is 29.8 Å². The Kier molecular flexibility index (Phi) is 4.83. The third-order valence-electron chi connectivity index (χ3n) is 2.64. The van der Waals surface area contributed by atoms with Crippen LogP contribution in [0.2, 0.25) is 0 Å². The van der Waals surface area contributed by atoms with Crippen molar-refractivity contribution in [3.8, 4) is 5.75 Å². The number of esters is 1. The van der Waals surface area contributed by atoms with Crippen molar-refractivity contribution in [2.75, 3.05) is 6.61 Å². The maximum Gasteiger partial charge on any atom is 0.338 e. The summed E-state index contributed by atoms with van der Waals surface area (Å²) < 4.78 is 5.12. The fourth-order valence-electron chi connectivity index (χ4n) is 1.24. The van der Waals surface area contributed by atoms with E-state index in [2.05, 4.69) is 13.8 Å². The summed E-state index contributed by atoms with van der Waals surface area (Å²) in [4.78, 5) is 11.5. The first-order valence-corrected chi connectivity index (χ1v) is 5.59. The molecule has 0 bridgehead atoms. The SMILES string of the molecule is CC[C@H](C)CCOC(=O)c1ccc(O)cc1. The van der Waals surface area contributed by atoms with E-state index in [4.69, 9.17) is 9.84 Å². The van der Waals surface area contributed by atoms with Gasteiger partial charge in [-0.05, 0) is 36.6 Å². The molecule has 16 heavy (non-hydrogen) atoms. The quantitative estimate of drug-likeness (QED) is 0.779.